The molecule has 0 bridgehead atoms. The maximum absolute atomic E-state index is 12.0. The second-order valence-corrected chi connectivity index (χ2v) is 5.58. The van der Waals surface area contributed by atoms with Crippen molar-refractivity contribution in [1.29, 1.82) is 0 Å². The highest BCUT2D eigenvalue weighted by molar-refractivity contribution is 6.03. The number of nitrogens with one attached hydrogen (secondary N) is 1. The second kappa shape index (κ2) is 8.62. The first-order valence-corrected chi connectivity index (χ1v) is 8.16. The largest absolute Gasteiger partial charge is 0.481 e. The number of rotatable bonds is 7. The molecule has 0 radical (unpaired) electrons. The van der Waals surface area contributed by atoms with Crippen LogP contribution in [0.25, 0.3) is 5.76 Å². The van der Waals surface area contributed by atoms with Gasteiger partial charge in [-0.1, -0.05) is 60.7 Å². The predicted molar refractivity (Wildman–Crippen MR) is 97.0 cm³/mol. The lowest BCUT2D eigenvalue weighted by atomic mass is 10.1. The van der Waals surface area contributed by atoms with Crippen molar-refractivity contribution >= 4 is 23.7 Å². The van der Waals surface area contributed by atoms with E-state index in [9.17, 15) is 9.59 Å². The zero-order valence-electron chi connectivity index (χ0n) is 14.0. The third kappa shape index (κ3) is 4.80. The Balaban J connectivity index is 1.40. The smallest absolute Gasteiger partial charge is 0.311 e. The highest BCUT2D eigenvalue weighted by atomic mass is 16.5. The van der Waals surface area contributed by atoms with Crippen molar-refractivity contribution in [3.05, 3.63) is 77.9 Å². The van der Waals surface area contributed by atoms with Gasteiger partial charge in [0.05, 0.1) is 12.6 Å². The zero-order chi connectivity index (χ0) is 18.2. The van der Waals surface area contributed by atoms with Crippen LogP contribution in [-0.4, -0.2) is 30.8 Å². The number of carbonyl (C=O) groups excluding carboxylic acids is 2. The standard InChI is InChI=1S/C20H18N2O4/c23-17-11-18(16-9-5-2-6-10-16)26-19(17)12-20(24)25-14-22-21-13-15-7-3-1-4-8-15/h1-11,13,19,22H,12,14H2. The SMILES string of the molecule is O=C(CC1OC(c2ccccc2)=CC1=O)OCNN=Cc1ccccc1. The summed E-state index contributed by atoms with van der Waals surface area (Å²) in [4.78, 5) is 23.8. The highest BCUT2D eigenvalue weighted by Gasteiger charge is 2.30. The van der Waals surface area contributed by atoms with Crippen LogP contribution < -0.4 is 5.43 Å². The first kappa shape index (κ1) is 17.4. The lowest BCUT2D eigenvalue weighted by Crippen LogP contribution is -2.24. The molecule has 1 aliphatic rings. The Bertz CT molecular complexity index is 816. The van der Waals surface area contributed by atoms with Gasteiger partial charge < -0.3 is 9.47 Å². The van der Waals surface area contributed by atoms with Crippen LogP contribution in [0, 0.1) is 0 Å². The van der Waals surface area contributed by atoms with Crippen molar-refractivity contribution in [2.45, 2.75) is 12.5 Å². The van der Waals surface area contributed by atoms with Gasteiger partial charge in [0.15, 0.2) is 18.6 Å². The highest BCUT2D eigenvalue weighted by Crippen LogP contribution is 2.25. The quantitative estimate of drug-likeness (QED) is 0.273. The summed E-state index contributed by atoms with van der Waals surface area (Å²) in [6.07, 6.45) is 2.05. The summed E-state index contributed by atoms with van der Waals surface area (Å²) in [5.74, 6) is -0.302. The number of nitrogens with zero attached hydrogens (tertiary/aromatic N) is 1. The van der Waals surface area contributed by atoms with Crippen LogP contribution in [-0.2, 0) is 19.1 Å². The van der Waals surface area contributed by atoms with Crippen LogP contribution in [0.4, 0.5) is 0 Å². The molecule has 3 rings (SSSR count). The van der Waals surface area contributed by atoms with Crippen molar-refractivity contribution in [3.63, 3.8) is 0 Å². The normalized spacial score (nSPS) is 16.2. The number of esters is 1. The van der Waals surface area contributed by atoms with Gasteiger partial charge in [0.25, 0.3) is 0 Å². The van der Waals surface area contributed by atoms with E-state index in [0.29, 0.717) is 5.76 Å². The van der Waals surface area contributed by atoms with Crippen LogP contribution in [0.15, 0.2) is 71.8 Å². The molecule has 1 N–H and O–H groups in total. The minimum Gasteiger partial charge on any atom is -0.481 e. The molecular formula is C20H18N2O4. The molecule has 0 fully saturated rings. The molecule has 2 aromatic rings. The average molecular weight is 350 g/mol. The van der Waals surface area contributed by atoms with Crippen molar-refractivity contribution in [3.8, 4) is 0 Å². The topological polar surface area (TPSA) is 77.0 Å². The second-order valence-electron chi connectivity index (χ2n) is 5.58. The number of ether oxygens (including phenoxy) is 2. The molecule has 1 heterocycles. The number of hydrogen-bond acceptors (Lipinski definition) is 6. The molecule has 26 heavy (non-hydrogen) atoms. The zero-order valence-corrected chi connectivity index (χ0v) is 14.0. The summed E-state index contributed by atoms with van der Waals surface area (Å²) in [7, 11) is 0. The maximum Gasteiger partial charge on any atom is 0.311 e. The molecule has 132 valence electrons. The molecule has 0 saturated heterocycles. The molecule has 0 aliphatic carbocycles. The number of hydrazone groups is 1. The van der Waals surface area contributed by atoms with E-state index in [1.54, 1.807) is 6.21 Å². The molecule has 0 saturated carbocycles. The van der Waals surface area contributed by atoms with Gasteiger partial charge in [-0.2, -0.15) is 5.10 Å². The Hall–Kier alpha value is -3.41. The Morgan fingerprint density at radius 1 is 1.12 bits per heavy atom. The van der Waals surface area contributed by atoms with Crippen molar-refractivity contribution in [1.82, 2.24) is 5.43 Å². The van der Waals surface area contributed by atoms with E-state index in [4.69, 9.17) is 9.47 Å². The average Bonchev–Trinajstić information content (AvgIpc) is 3.03. The van der Waals surface area contributed by atoms with Crippen LogP contribution in [0.1, 0.15) is 17.5 Å². The molecule has 1 atom stereocenters. The Kier molecular flexibility index (Phi) is 5.77. The number of hydrogen-bond donors (Lipinski definition) is 1. The molecule has 0 aromatic heterocycles. The van der Waals surface area contributed by atoms with Gasteiger partial charge in [-0.15, -0.1) is 0 Å². The van der Waals surface area contributed by atoms with E-state index in [2.05, 4.69) is 10.5 Å². The number of ketones is 1. The van der Waals surface area contributed by atoms with Gasteiger partial charge in [0, 0.05) is 11.6 Å². The van der Waals surface area contributed by atoms with E-state index in [-0.39, 0.29) is 18.9 Å². The number of carbonyl (C=O) groups is 2. The molecule has 6 nitrogen and oxygen atoms in total. The Labute approximate surface area is 151 Å². The minimum atomic E-state index is -0.842. The first-order chi connectivity index (χ1) is 12.7. The fourth-order valence-electron chi connectivity index (χ4n) is 2.38. The van der Waals surface area contributed by atoms with E-state index >= 15 is 0 Å². The van der Waals surface area contributed by atoms with Gasteiger partial charge in [-0.05, 0) is 5.56 Å². The third-order valence-electron chi connectivity index (χ3n) is 3.67. The fraction of sp³-hybridized carbons (Fsp3) is 0.150. The van der Waals surface area contributed by atoms with Gasteiger partial charge in [0.2, 0.25) is 0 Å². The van der Waals surface area contributed by atoms with Crippen LogP contribution >= 0.6 is 0 Å². The summed E-state index contributed by atoms with van der Waals surface area (Å²) in [6.45, 7) is -0.0813. The molecule has 0 amide bonds. The lowest BCUT2D eigenvalue weighted by Gasteiger charge is -2.11. The molecule has 1 unspecified atom stereocenters. The van der Waals surface area contributed by atoms with Crippen LogP contribution in [0.3, 0.4) is 0 Å². The van der Waals surface area contributed by atoms with Crippen LogP contribution in [0.5, 0.6) is 0 Å². The van der Waals surface area contributed by atoms with Gasteiger partial charge in [0.1, 0.15) is 5.76 Å². The molecule has 6 heteroatoms. The minimum absolute atomic E-state index is 0.0813. The molecule has 1 aliphatic heterocycles. The maximum atomic E-state index is 12.0. The summed E-state index contributed by atoms with van der Waals surface area (Å²) in [5.41, 5.74) is 4.35. The van der Waals surface area contributed by atoms with Crippen molar-refractivity contribution in [2.24, 2.45) is 5.10 Å². The molecular weight excluding hydrogens is 332 g/mol. The van der Waals surface area contributed by atoms with Gasteiger partial charge >= 0.3 is 5.97 Å². The Morgan fingerprint density at radius 2 is 1.81 bits per heavy atom. The summed E-state index contributed by atoms with van der Waals surface area (Å²) < 4.78 is 10.6. The third-order valence-corrected chi connectivity index (χ3v) is 3.67. The van der Waals surface area contributed by atoms with E-state index in [0.717, 1.165) is 11.1 Å². The molecule has 2 aromatic carbocycles. The summed E-state index contributed by atoms with van der Waals surface area (Å²) >= 11 is 0. The Morgan fingerprint density at radius 3 is 2.54 bits per heavy atom. The van der Waals surface area contributed by atoms with Crippen molar-refractivity contribution < 1.29 is 19.1 Å². The van der Waals surface area contributed by atoms with E-state index in [1.807, 2.05) is 60.7 Å². The van der Waals surface area contributed by atoms with Gasteiger partial charge in [-0.25, -0.2) is 0 Å². The number of benzene rings is 2. The monoisotopic (exact) mass is 350 g/mol. The van der Waals surface area contributed by atoms with Crippen LogP contribution in [0.2, 0.25) is 0 Å². The summed E-state index contributed by atoms with van der Waals surface area (Å²) in [6, 6.07) is 18.8. The summed E-state index contributed by atoms with van der Waals surface area (Å²) in [5, 5.41) is 3.95. The fourth-order valence-corrected chi connectivity index (χ4v) is 2.38. The van der Waals surface area contributed by atoms with Crippen molar-refractivity contribution in [2.75, 3.05) is 6.73 Å². The van der Waals surface area contributed by atoms with Gasteiger partial charge in [-0.3, -0.25) is 15.0 Å². The first-order valence-electron chi connectivity index (χ1n) is 8.16. The predicted octanol–water partition coefficient (Wildman–Crippen LogP) is 2.51. The lowest BCUT2D eigenvalue weighted by molar-refractivity contribution is -0.148. The van der Waals surface area contributed by atoms with E-state index in [1.165, 1.54) is 6.08 Å². The van der Waals surface area contributed by atoms with E-state index < -0.39 is 12.1 Å². The molecule has 0 spiro atoms.